The Hall–Kier alpha value is -0.120. The third-order valence-corrected chi connectivity index (χ3v) is 1.09. The summed E-state index contributed by atoms with van der Waals surface area (Å²) in [4.78, 5) is 4.10. The predicted molar refractivity (Wildman–Crippen MR) is 35.7 cm³/mol. The van der Waals surface area contributed by atoms with Crippen LogP contribution in [0.5, 0.6) is 0 Å². The Bertz CT molecular complexity index is 156. The zero-order valence-electron chi connectivity index (χ0n) is 5.34. The number of halogens is 1. The molecule has 2 heteroatoms. The minimum atomic E-state index is 0. The highest BCUT2D eigenvalue weighted by Crippen LogP contribution is 1.96. The Morgan fingerprint density at radius 3 is 2.56 bits per heavy atom. The molecule has 1 heterocycles. The van der Waals surface area contributed by atoms with Crippen LogP contribution < -0.4 is 29.0 Å². The monoisotopic (exact) mass is 234 g/mol. The number of rotatable bonds is 1. The van der Waals surface area contributed by atoms with E-state index in [0.717, 1.165) is 12.1 Å². The fraction of sp³-hybridized carbons (Fsp3) is 0.286. The van der Waals surface area contributed by atoms with Crippen molar-refractivity contribution in [3.63, 3.8) is 0 Å². The van der Waals surface area contributed by atoms with Gasteiger partial charge in [-0.2, -0.15) is 0 Å². The van der Waals surface area contributed by atoms with Crippen LogP contribution in [0.15, 0.2) is 23.9 Å². The predicted octanol–water partition coefficient (Wildman–Crippen LogP) is -1.74. The van der Waals surface area contributed by atoms with E-state index >= 15 is 0 Å². The van der Waals surface area contributed by atoms with Gasteiger partial charge in [-0.05, 0) is 6.08 Å². The van der Waals surface area contributed by atoms with Crippen LogP contribution in [-0.4, -0.2) is 6.21 Å². The lowest BCUT2D eigenvalue weighted by atomic mass is 10.3. The van der Waals surface area contributed by atoms with E-state index in [9.17, 15) is 0 Å². The second-order valence-electron chi connectivity index (χ2n) is 1.67. The van der Waals surface area contributed by atoms with Crippen LogP contribution in [0, 0.1) is 0 Å². The van der Waals surface area contributed by atoms with Crippen molar-refractivity contribution in [3.05, 3.63) is 23.9 Å². The maximum absolute atomic E-state index is 4.10. The van der Waals surface area contributed by atoms with Crippen LogP contribution in [0.2, 0.25) is 0 Å². The van der Waals surface area contributed by atoms with Gasteiger partial charge in [-0.25, -0.2) is 0 Å². The van der Waals surface area contributed by atoms with Crippen molar-refractivity contribution >= 4 is 6.21 Å². The van der Waals surface area contributed by atoms with Crippen molar-refractivity contribution in [3.8, 4) is 0 Å². The first-order chi connectivity index (χ1) is 3.93. The molecule has 49 valence electrons. The first kappa shape index (κ1) is 8.88. The van der Waals surface area contributed by atoms with Crippen LogP contribution in [0.3, 0.4) is 0 Å². The summed E-state index contributed by atoms with van der Waals surface area (Å²) in [7, 11) is 0. The Morgan fingerprint density at radius 2 is 2.22 bits per heavy atom. The first-order valence-electron chi connectivity index (χ1n) is 2.83. The van der Waals surface area contributed by atoms with E-state index in [1.54, 1.807) is 0 Å². The molecule has 1 nitrogen and oxygen atoms in total. The zero-order chi connectivity index (χ0) is 5.82. The van der Waals surface area contributed by atoms with Gasteiger partial charge in [-0.1, -0.05) is 6.92 Å². The standard InChI is InChI=1S/C7H9N.HI/c1-2-7-5-3-4-6-8-7;/h3-6H,2H2,1H3;1H/q+1;/p-1. The van der Waals surface area contributed by atoms with Gasteiger partial charge in [-0.15, -0.1) is 0 Å². The maximum Gasteiger partial charge on any atom is 0.253 e. The molecule has 0 atom stereocenters. The van der Waals surface area contributed by atoms with Crippen molar-refractivity contribution < 1.29 is 24.0 Å². The molecule has 0 aliphatic carbocycles. The van der Waals surface area contributed by atoms with E-state index in [0.29, 0.717) is 0 Å². The van der Waals surface area contributed by atoms with E-state index < -0.39 is 0 Å². The Kier molecular flexibility index (Phi) is 4.67. The number of hydrogen-bond donors (Lipinski definition) is 0. The van der Waals surface area contributed by atoms with Crippen LogP contribution in [-0.2, 0) is 0 Å². The summed E-state index contributed by atoms with van der Waals surface area (Å²) in [6.45, 7) is 2.10. The molecule has 0 aromatic rings. The van der Waals surface area contributed by atoms with Gasteiger partial charge in [0.1, 0.15) is 0 Å². The summed E-state index contributed by atoms with van der Waals surface area (Å²) in [6, 6.07) is 0. The third kappa shape index (κ3) is 2.79. The van der Waals surface area contributed by atoms with Crippen LogP contribution in [0.4, 0.5) is 0 Å². The van der Waals surface area contributed by atoms with E-state index in [1.807, 2.05) is 24.4 Å². The molecule has 0 unspecified atom stereocenters. The van der Waals surface area contributed by atoms with Gasteiger partial charge in [0.25, 0.3) is 5.70 Å². The average molecular weight is 234 g/mol. The first-order valence-corrected chi connectivity index (χ1v) is 2.83. The molecule has 0 saturated carbocycles. The van der Waals surface area contributed by atoms with E-state index in [1.165, 1.54) is 0 Å². The van der Waals surface area contributed by atoms with Crippen molar-refractivity contribution in [2.24, 2.45) is 0 Å². The van der Waals surface area contributed by atoms with E-state index in [2.05, 4.69) is 11.9 Å². The highest BCUT2D eigenvalue weighted by molar-refractivity contribution is 5.72. The molecule has 0 aromatic carbocycles. The Labute approximate surface area is 72.6 Å². The number of allylic oxidation sites excluding steroid dienone is 4. The molecule has 0 bridgehead atoms. The number of aliphatic imine (C=N–C) groups is 1. The molecule has 0 N–H and O–H groups in total. The SMILES string of the molecule is CCC1=CC=CC=[N+]1.[I-]. The van der Waals surface area contributed by atoms with Crippen LogP contribution >= 0.6 is 0 Å². The Balaban J connectivity index is 0.000000640. The van der Waals surface area contributed by atoms with Gasteiger partial charge in [0.05, 0.1) is 4.99 Å². The molecular formula is C7H9IN. The Morgan fingerprint density at radius 1 is 1.44 bits per heavy atom. The molecule has 0 amide bonds. The summed E-state index contributed by atoms with van der Waals surface area (Å²) < 4.78 is 0. The topological polar surface area (TPSA) is 14.1 Å². The largest absolute Gasteiger partial charge is 1.00 e. The van der Waals surface area contributed by atoms with Crippen molar-refractivity contribution in [2.45, 2.75) is 13.3 Å². The maximum atomic E-state index is 4.10. The summed E-state index contributed by atoms with van der Waals surface area (Å²) in [5, 5.41) is 0. The normalized spacial score (nSPS) is 14.6. The van der Waals surface area contributed by atoms with Gasteiger partial charge < -0.3 is 24.0 Å². The smallest absolute Gasteiger partial charge is 0.253 e. The molecule has 0 spiro atoms. The molecule has 1 radical (unpaired) electrons. The fourth-order valence-corrected chi connectivity index (χ4v) is 0.607. The minimum absolute atomic E-state index is 0. The summed E-state index contributed by atoms with van der Waals surface area (Å²) in [5.41, 5.74) is 1.16. The molecule has 1 aliphatic heterocycles. The van der Waals surface area contributed by atoms with E-state index in [-0.39, 0.29) is 24.0 Å². The molecular weight excluding hydrogens is 225 g/mol. The lowest BCUT2D eigenvalue weighted by Crippen LogP contribution is -3.00. The van der Waals surface area contributed by atoms with Gasteiger partial charge >= 0.3 is 0 Å². The highest BCUT2D eigenvalue weighted by atomic mass is 127. The van der Waals surface area contributed by atoms with Gasteiger partial charge in [0.15, 0.2) is 0 Å². The van der Waals surface area contributed by atoms with Crippen molar-refractivity contribution in [1.82, 2.24) is 4.99 Å². The average Bonchev–Trinajstić information content (AvgIpc) is 1.90. The van der Waals surface area contributed by atoms with Crippen LogP contribution in [0.1, 0.15) is 13.3 Å². The lowest BCUT2D eigenvalue weighted by Gasteiger charge is -1.80. The zero-order valence-corrected chi connectivity index (χ0v) is 7.50. The van der Waals surface area contributed by atoms with Crippen molar-refractivity contribution in [1.29, 1.82) is 0 Å². The molecule has 1 aliphatic rings. The summed E-state index contributed by atoms with van der Waals surface area (Å²) in [5.74, 6) is 0. The summed E-state index contributed by atoms with van der Waals surface area (Å²) >= 11 is 0. The van der Waals surface area contributed by atoms with Crippen LogP contribution in [0.25, 0.3) is 0 Å². The second-order valence-corrected chi connectivity index (χ2v) is 1.67. The fourth-order valence-electron chi connectivity index (χ4n) is 0.607. The quantitative estimate of drug-likeness (QED) is 0.478. The molecule has 0 aromatic heterocycles. The third-order valence-electron chi connectivity index (χ3n) is 1.09. The highest BCUT2D eigenvalue weighted by Gasteiger charge is 2.01. The lowest BCUT2D eigenvalue weighted by molar-refractivity contribution is -0.00000174. The van der Waals surface area contributed by atoms with Gasteiger partial charge in [-0.3, -0.25) is 0 Å². The minimum Gasteiger partial charge on any atom is -1.00 e. The van der Waals surface area contributed by atoms with E-state index in [4.69, 9.17) is 0 Å². The molecule has 1 rings (SSSR count). The van der Waals surface area contributed by atoms with Gasteiger partial charge in [0, 0.05) is 18.6 Å². The molecule has 0 fully saturated rings. The second kappa shape index (κ2) is 4.73. The van der Waals surface area contributed by atoms with Crippen molar-refractivity contribution in [2.75, 3.05) is 0 Å². The van der Waals surface area contributed by atoms with Gasteiger partial charge in [0.2, 0.25) is 6.21 Å². The molecule has 9 heavy (non-hydrogen) atoms. The number of hydrogen-bond acceptors (Lipinski definition) is 1. The number of nitrogens with zero attached hydrogens (tertiary/aromatic N) is 1. The molecule has 0 saturated heterocycles. The summed E-state index contributed by atoms with van der Waals surface area (Å²) in [6.07, 6.45) is 8.81.